The maximum absolute atomic E-state index is 5.64. The van der Waals surface area contributed by atoms with Crippen molar-refractivity contribution in [3.05, 3.63) is 0 Å². The van der Waals surface area contributed by atoms with E-state index in [2.05, 4.69) is 31.0 Å². The summed E-state index contributed by atoms with van der Waals surface area (Å²) in [6, 6.07) is 2.30. The fraction of sp³-hybridized carbons (Fsp3) is 1.00. The van der Waals surface area contributed by atoms with Crippen molar-refractivity contribution < 1.29 is 4.74 Å². The highest BCUT2D eigenvalue weighted by Crippen LogP contribution is 2.35. The Labute approximate surface area is 119 Å². The fourth-order valence-corrected chi connectivity index (χ4v) is 3.76. The van der Waals surface area contributed by atoms with Gasteiger partial charge in [-0.3, -0.25) is 4.90 Å². The van der Waals surface area contributed by atoms with Gasteiger partial charge in [-0.25, -0.2) is 0 Å². The molecule has 2 bridgehead atoms. The molecule has 2 saturated heterocycles. The van der Waals surface area contributed by atoms with Gasteiger partial charge in [-0.15, -0.1) is 0 Å². The molecule has 0 spiro atoms. The number of hydrogen-bond donors (Lipinski definition) is 1. The molecule has 2 unspecified atom stereocenters. The van der Waals surface area contributed by atoms with Crippen LogP contribution >= 0.6 is 0 Å². The number of nitrogens with one attached hydrogen (secondary N) is 1. The molecule has 2 rings (SSSR count). The summed E-state index contributed by atoms with van der Waals surface area (Å²) in [5, 5.41) is 3.74. The fourth-order valence-electron chi connectivity index (χ4n) is 3.76. The predicted molar refractivity (Wildman–Crippen MR) is 80.5 cm³/mol. The Hall–Kier alpha value is -0.120. The molecular weight excluding hydrogens is 236 g/mol. The first-order chi connectivity index (χ1) is 9.05. The van der Waals surface area contributed by atoms with Crippen molar-refractivity contribution >= 4 is 0 Å². The summed E-state index contributed by atoms with van der Waals surface area (Å²) in [5.74, 6) is 0. The van der Waals surface area contributed by atoms with Gasteiger partial charge in [0.25, 0.3) is 0 Å². The molecule has 0 saturated carbocycles. The molecule has 2 aliphatic heterocycles. The molecule has 0 aromatic rings. The van der Waals surface area contributed by atoms with Crippen molar-refractivity contribution in [2.24, 2.45) is 0 Å². The van der Waals surface area contributed by atoms with Crippen molar-refractivity contribution in [2.45, 2.75) is 83.0 Å². The normalized spacial score (nSPS) is 32.5. The lowest BCUT2D eigenvalue weighted by Crippen LogP contribution is -2.59. The highest BCUT2D eigenvalue weighted by atomic mass is 16.5. The van der Waals surface area contributed by atoms with Gasteiger partial charge < -0.3 is 10.1 Å². The second-order valence-corrected chi connectivity index (χ2v) is 7.00. The summed E-state index contributed by atoms with van der Waals surface area (Å²) in [4.78, 5) is 2.75. The van der Waals surface area contributed by atoms with Gasteiger partial charge in [0.15, 0.2) is 0 Å². The number of piperidine rings is 2. The Morgan fingerprint density at radius 1 is 1.21 bits per heavy atom. The molecule has 0 radical (unpaired) electrons. The number of rotatable bonds is 6. The Bertz CT molecular complexity index is 266. The van der Waals surface area contributed by atoms with Crippen LogP contribution in [0.3, 0.4) is 0 Å². The van der Waals surface area contributed by atoms with E-state index in [4.69, 9.17) is 4.74 Å². The lowest BCUT2D eigenvalue weighted by atomic mass is 9.81. The molecule has 1 N–H and O–H groups in total. The third-order valence-corrected chi connectivity index (χ3v) is 4.92. The first-order valence-electron chi connectivity index (χ1n) is 8.10. The van der Waals surface area contributed by atoms with Gasteiger partial charge in [-0.2, -0.15) is 0 Å². The molecule has 0 aromatic carbocycles. The van der Waals surface area contributed by atoms with Gasteiger partial charge in [0.1, 0.15) is 0 Å². The van der Waals surface area contributed by atoms with E-state index in [-0.39, 0.29) is 5.60 Å². The summed E-state index contributed by atoms with van der Waals surface area (Å²) in [7, 11) is 1.84. The zero-order valence-electron chi connectivity index (χ0n) is 13.2. The van der Waals surface area contributed by atoms with Crippen LogP contribution in [0, 0.1) is 0 Å². The zero-order chi connectivity index (χ0) is 13.9. The van der Waals surface area contributed by atoms with Crippen LogP contribution < -0.4 is 5.32 Å². The van der Waals surface area contributed by atoms with Gasteiger partial charge >= 0.3 is 0 Å². The van der Waals surface area contributed by atoms with Gasteiger partial charge in [0.05, 0.1) is 5.60 Å². The van der Waals surface area contributed by atoms with E-state index >= 15 is 0 Å². The maximum Gasteiger partial charge on any atom is 0.0749 e. The standard InChI is InChI=1S/C16H32N2O/c1-5-9-17-13-10-14-7-6-8-15(11-13)18(14)12-16(2,3)19-4/h13-15,17H,5-12H2,1-4H3. The first-order valence-corrected chi connectivity index (χ1v) is 8.10. The Kier molecular flexibility index (Phi) is 5.27. The number of nitrogens with zero attached hydrogens (tertiary/aromatic N) is 1. The lowest BCUT2D eigenvalue weighted by Gasteiger charge is -2.51. The topological polar surface area (TPSA) is 24.5 Å². The van der Waals surface area contributed by atoms with Gasteiger partial charge in [0.2, 0.25) is 0 Å². The number of fused-ring (bicyclic) bond motifs is 2. The van der Waals surface area contributed by atoms with Crippen LogP contribution in [0.25, 0.3) is 0 Å². The minimum absolute atomic E-state index is 0.0163. The van der Waals surface area contributed by atoms with Crippen molar-refractivity contribution in [1.82, 2.24) is 10.2 Å². The largest absolute Gasteiger partial charge is 0.377 e. The molecule has 112 valence electrons. The minimum Gasteiger partial charge on any atom is -0.377 e. The van der Waals surface area contributed by atoms with Crippen molar-refractivity contribution in [3.63, 3.8) is 0 Å². The van der Waals surface area contributed by atoms with Crippen molar-refractivity contribution in [1.29, 1.82) is 0 Å². The molecule has 3 heteroatoms. The smallest absolute Gasteiger partial charge is 0.0749 e. The molecule has 19 heavy (non-hydrogen) atoms. The van der Waals surface area contributed by atoms with E-state index in [1.54, 1.807) is 0 Å². The molecule has 2 atom stereocenters. The average Bonchev–Trinajstić information content (AvgIpc) is 2.36. The second kappa shape index (κ2) is 6.55. The van der Waals surface area contributed by atoms with E-state index in [1.807, 2.05) is 7.11 Å². The van der Waals surface area contributed by atoms with E-state index in [0.717, 1.165) is 24.7 Å². The molecule has 3 nitrogen and oxygen atoms in total. The third-order valence-electron chi connectivity index (χ3n) is 4.92. The molecule has 2 aliphatic rings. The third kappa shape index (κ3) is 3.93. The van der Waals surface area contributed by atoms with Crippen molar-refractivity contribution in [2.75, 3.05) is 20.2 Å². The van der Waals surface area contributed by atoms with Crippen LogP contribution in [0.1, 0.15) is 59.3 Å². The average molecular weight is 268 g/mol. The maximum atomic E-state index is 5.64. The molecule has 0 aromatic heterocycles. The van der Waals surface area contributed by atoms with Crippen LogP contribution in [0.4, 0.5) is 0 Å². The quantitative estimate of drug-likeness (QED) is 0.801. The van der Waals surface area contributed by atoms with Crippen LogP contribution in [-0.2, 0) is 4.74 Å². The predicted octanol–water partition coefficient (Wildman–Crippen LogP) is 2.80. The molecule has 2 fully saturated rings. The van der Waals surface area contributed by atoms with Crippen molar-refractivity contribution in [3.8, 4) is 0 Å². The highest BCUT2D eigenvalue weighted by molar-refractivity contribution is 4.96. The summed E-state index contributed by atoms with van der Waals surface area (Å²) in [6.45, 7) is 8.94. The minimum atomic E-state index is -0.0163. The van der Waals surface area contributed by atoms with E-state index < -0.39 is 0 Å². The highest BCUT2D eigenvalue weighted by Gasteiger charge is 2.40. The molecule has 0 amide bonds. The summed E-state index contributed by atoms with van der Waals surface area (Å²) in [6.07, 6.45) is 8.07. The number of methoxy groups -OCH3 is 1. The molecule has 2 heterocycles. The van der Waals surface area contributed by atoms with E-state index in [0.29, 0.717) is 0 Å². The SMILES string of the molecule is CCCNC1CC2CCCC(C1)N2CC(C)(C)OC. The zero-order valence-corrected chi connectivity index (χ0v) is 13.2. The van der Waals surface area contributed by atoms with Gasteiger partial charge in [0, 0.05) is 31.8 Å². The van der Waals surface area contributed by atoms with Gasteiger partial charge in [-0.1, -0.05) is 13.3 Å². The summed E-state index contributed by atoms with van der Waals surface area (Å²) < 4.78 is 5.64. The van der Waals surface area contributed by atoms with Crippen LogP contribution in [0.2, 0.25) is 0 Å². The summed E-state index contributed by atoms with van der Waals surface area (Å²) in [5.41, 5.74) is -0.0163. The van der Waals surface area contributed by atoms with Crippen LogP contribution in [0.15, 0.2) is 0 Å². The van der Waals surface area contributed by atoms with Crippen LogP contribution in [-0.4, -0.2) is 48.8 Å². The molecule has 0 aliphatic carbocycles. The summed E-state index contributed by atoms with van der Waals surface area (Å²) >= 11 is 0. The second-order valence-electron chi connectivity index (χ2n) is 7.00. The van der Waals surface area contributed by atoms with E-state index in [1.165, 1.54) is 45.1 Å². The Balaban J connectivity index is 1.95. The van der Waals surface area contributed by atoms with Gasteiger partial charge in [-0.05, 0) is 52.5 Å². The Morgan fingerprint density at radius 2 is 1.84 bits per heavy atom. The van der Waals surface area contributed by atoms with E-state index in [9.17, 15) is 0 Å². The van der Waals surface area contributed by atoms with Crippen LogP contribution in [0.5, 0.6) is 0 Å². The number of ether oxygens (including phenoxy) is 1. The number of hydrogen-bond acceptors (Lipinski definition) is 3. The monoisotopic (exact) mass is 268 g/mol. The Morgan fingerprint density at radius 3 is 2.37 bits per heavy atom. The lowest BCUT2D eigenvalue weighted by molar-refractivity contribution is -0.0602. The molecular formula is C16H32N2O. The first kappa shape index (κ1) is 15.3.